The van der Waals surface area contributed by atoms with Gasteiger partial charge in [-0.2, -0.15) is 0 Å². The van der Waals surface area contributed by atoms with E-state index in [1.54, 1.807) is 0 Å². The Balaban J connectivity index is 1.53. The number of benzene rings is 2. The Labute approximate surface area is 148 Å². The topological polar surface area (TPSA) is 75.8 Å². The van der Waals surface area contributed by atoms with E-state index >= 15 is 0 Å². The maximum atomic E-state index is 11.4. The van der Waals surface area contributed by atoms with E-state index in [0.29, 0.717) is 26.1 Å². The van der Waals surface area contributed by atoms with Crippen molar-refractivity contribution in [3.63, 3.8) is 0 Å². The van der Waals surface area contributed by atoms with Gasteiger partial charge in [-0.3, -0.25) is 0 Å². The van der Waals surface area contributed by atoms with Crippen LogP contribution in [0.2, 0.25) is 0 Å². The molecule has 1 saturated carbocycles. The molecule has 132 valence electrons. The highest BCUT2D eigenvalue weighted by molar-refractivity contribution is 5.64. The molecule has 2 aromatic rings. The van der Waals surface area contributed by atoms with Crippen molar-refractivity contribution >= 4 is 6.09 Å². The number of nitrogens with two attached hydrogens (primary N) is 1. The average molecular weight is 340 g/mol. The molecule has 5 heteroatoms. The molecule has 0 unspecified atom stereocenters. The molecule has 1 aliphatic rings. The summed E-state index contributed by atoms with van der Waals surface area (Å²) in [5.74, 6) is 0.760. The number of carbonyl (C=O) groups is 1. The van der Waals surface area contributed by atoms with Gasteiger partial charge in [-0.25, -0.2) is 4.79 Å². The van der Waals surface area contributed by atoms with Gasteiger partial charge >= 0.3 is 6.09 Å². The van der Waals surface area contributed by atoms with Crippen molar-refractivity contribution in [3.05, 3.63) is 65.7 Å². The Hall–Kier alpha value is -2.53. The van der Waals surface area contributed by atoms with Crippen molar-refractivity contribution in [1.29, 1.82) is 0 Å². The van der Waals surface area contributed by atoms with Gasteiger partial charge in [-0.1, -0.05) is 48.5 Å². The maximum absolute atomic E-state index is 11.4. The van der Waals surface area contributed by atoms with Crippen molar-refractivity contribution in [2.75, 3.05) is 19.7 Å². The standard InChI is InChI=1S/C20H24N2O3/c21-20(11-12-20)17-8-4-5-9-18(17)25-15-14-22(19(23)24)13-10-16-6-2-1-3-7-16/h1-9H,10-15,21H2,(H,23,24). The Kier molecular flexibility index (Phi) is 5.24. The van der Waals surface area contributed by atoms with E-state index in [-0.39, 0.29) is 5.54 Å². The summed E-state index contributed by atoms with van der Waals surface area (Å²) in [6.45, 7) is 1.09. The summed E-state index contributed by atoms with van der Waals surface area (Å²) in [5, 5.41) is 9.39. The third-order valence-corrected chi connectivity index (χ3v) is 4.61. The van der Waals surface area contributed by atoms with Gasteiger partial charge in [-0.15, -0.1) is 0 Å². The third kappa shape index (κ3) is 4.51. The van der Waals surface area contributed by atoms with Crippen molar-refractivity contribution in [3.8, 4) is 5.75 Å². The van der Waals surface area contributed by atoms with Crippen LogP contribution in [0.1, 0.15) is 24.0 Å². The molecule has 5 nitrogen and oxygen atoms in total. The van der Waals surface area contributed by atoms with Crippen molar-refractivity contribution in [2.45, 2.75) is 24.8 Å². The van der Waals surface area contributed by atoms with Crippen LogP contribution in [-0.2, 0) is 12.0 Å². The number of hydrogen-bond acceptors (Lipinski definition) is 3. The Bertz CT molecular complexity index is 714. The molecule has 3 N–H and O–H groups in total. The van der Waals surface area contributed by atoms with Gasteiger partial charge in [-0.05, 0) is 30.9 Å². The maximum Gasteiger partial charge on any atom is 0.407 e. The molecule has 0 radical (unpaired) electrons. The molecule has 3 rings (SSSR count). The fourth-order valence-electron chi connectivity index (χ4n) is 2.89. The van der Waals surface area contributed by atoms with Gasteiger partial charge in [0, 0.05) is 17.6 Å². The minimum absolute atomic E-state index is 0.267. The summed E-state index contributed by atoms with van der Waals surface area (Å²) in [4.78, 5) is 12.8. The van der Waals surface area contributed by atoms with Crippen LogP contribution in [0.15, 0.2) is 54.6 Å². The molecule has 0 saturated heterocycles. The summed E-state index contributed by atoms with van der Waals surface area (Å²) in [6.07, 6.45) is 1.69. The smallest absolute Gasteiger partial charge is 0.407 e. The lowest BCUT2D eigenvalue weighted by Crippen LogP contribution is -2.35. The number of carboxylic acid groups (broad SMARTS) is 1. The van der Waals surface area contributed by atoms with E-state index in [4.69, 9.17) is 10.5 Å². The number of ether oxygens (including phenoxy) is 1. The molecular weight excluding hydrogens is 316 g/mol. The number of hydrogen-bond donors (Lipinski definition) is 2. The number of rotatable bonds is 8. The van der Waals surface area contributed by atoms with Crippen LogP contribution in [0, 0.1) is 0 Å². The summed E-state index contributed by atoms with van der Waals surface area (Å²) in [6, 6.07) is 17.6. The van der Waals surface area contributed by atoms with Crippen LogP contribution < -0.4 is 10.5 Å². The highest BCUT2D eigenvalue weighted by Crippen LogP contribution is 2.46. The van der Waals surface area contributed by atoms with Crippen LogP contribution in [0.3, 0.4) is 0 Å². The normalized spacial score (nSPS) is 14.8. The quantitative estimate of drug-likeness (QED) is 0.773. The lowest BCUT2D eigenvalue weighted by molar-refractivity contribution is 0.135. The van der Waals surface area contributed by atoms with Gasteiger partial charge in [0.1, 0.15) is 12.4 Å². The van der Waals surface area contributed by atoms with E-state index in [0.717, 1.165) is 29.7 Å². The van der Waals surface area contributed by atoms with Crippen molar-refractivity contribution in [2.24, 2.45) is 5.73 Å². The van der Waals surface area contributed by atoms with Gasteiger partial charge in [0.05, 0.1) is 6.54 Å². The molecular formula is C20H24N2O3. The fourth-order valence-corrected chi connectivity index (χ4v) is 2.89. The van der Waals surface area contributed by atoms with Crippen LogP contribution in [0.25, 0.3) is 0 Å². The molecule has 1 fully saturated rings. The minimum Gasteiger partial charge on any atom is -0.491 e. The third-order valence-electron chi connectivity index (χ3n) is 4.61. The predicted molar refractivity (Wildman–Crippen MR) is 96.8 cm³/mol. The number of nitrogens with zero attached hydrogens (tertiary/aromatic N) is 1. The highest BCUT2D eigenvalue weighted by Gasteiger charge is 2.42. The molecule has 1 amide bonds. The second-order valence-electron chi connectivity index (χ2n) is 6.51. The molecule has 1 aliphatic carbocycles. The SMILES string of the molecule is NC1(c2ccccc2OCCN(CCc2ccccc2)C(=O)O)CC1. The molecule has 0 aliphatic heterocycles. The van der Waals surface area contributed by atoms with Crippen molar-refractivity contribution in [1.82, 2.24) is 4.90 Å². The van der Waals surface area contributed by atoms with E-state index < -0.39 is 6.09 Å². The van der Waals surface area contributed by atoms with Gasteiger partial charge < -0.3 is 20.5 Å². The Morgan fingerprint density at radius 1 is 1.08 bits per heavy atom. The Morgan fingerprint density at radius 3 is 2.44 bits per heavy atom. The zero-order valence-corrected chi connectivity index (χ0v) is 14.2. The first-order chi connectivity index (χ1) is 12.1. The molecule has 0 spiro atoms. The van der Waals surface area contributed by atoms with E-state index in [1.807, 2.05) is 54.6 Å². The van der Waals surface area contributed by atoms with E-state index in [2.05, 4.69) is 0 Å². The zero-order valence-electron chi connectivity index (χ0n) is 14.2. The van der Waals surface area contributed by atoms with Gasteiger partial charge in [0.15, 0.2) is 0 Å². The van der Waals surface area contributed by atoms with Gasteiger partial charge in [0.2, 0.25) is 0 Å². The second kappa shape index (κ2) is 7.57. The first-order valence-corrected chi connectivity index (χ1v) is 8.61. The molecule has 0 heterocycles. The zero-order chi connectivity index (χ0) is 17.7. The monoisotopic (exact) mass is 340 g/mol. The molecule has 2 aromatic carbocycles. The minimum atomic E-state index is -0.926. The van der Waals surface area contributed by atoms with Crippen LogP contribution in [0.4, 0.5) is 4.79 Å². The Morgan fingerprint density at radius 2 is 1.76 bits per heavy atom. The predicted octanol–water partition coefficient (Wildman–Crippen LogP) is 3.24. The van der Waals surface area contributed by atoms with E-state index in [9.17, 15) is 9.90 Å². The van der Waals surface area contributed by atoms with Crippen molar-refractivity contribution < 1.29 is 14.6 Å². The summed E-state index contributed by atoms with van der Waals surface area (Å²) >= 11 is 0. The largest absolute Gasteiger partial charge is 0.491 e. The summed E-state index contributed by atoms with van der Waals surface area (Å²) in [7, 11) is 0. The second-order valence-corrected chi connectivity index (χ2v) is 6.51. The van der Waals surface area contributed by atoms with Gasteiger partial charge in [0.25, 0.3) is 0 Å². The summed E-state index contributed by atoms with van der Waals surface area (Å²) < 4.78 is 5.85. The number of para-hydroxylation sites is 1. The first kappa shape index (κ1) is 17.3. The van der Waals surface area contributed by atoms with Crippen LogP contribution in [0.5, 0.6) is 5.75 Å². The number of amides is 1. The first-order valence-electron chi connectivity index (χ1n) is 8.61. The molecule has 25 heavy (non-hydrogen) atoms. The summed E-state index contributed by atoms with van der Waals surface area (Å²) in [5.41, 5.74) is 8.15. The lowest BCUT2D eigenvalue weighted by Gasteiger charge is -2.21. The average Bonchev–Trinajstić information content (AvgIpc) is 3.37. The lowest BCUT2D eigenvalue weighted by atomic mass is 10.1. The van der Waals surface area contributed by atoms with Crippen LogP contribution >= 0.6 is 0 Å². The molecule has 0 aromatic heterocycles. The van der Waals surface area contributed by atoms with Crippen LogP contribution in [-0.4, -0.2) is 35.8 Å². The molecule has 0 bridgehead atoms. The molecule has 0 atom stereocenters. The highest BCUT2D eigenvalue weighted by atomic mass is 16.5. The van der Waals surface area contributed by atoms with E-state index in [1.165, 1.54) is 4.90 Å². The fraction of sp³-hybridized carbons (Fsp3) is 0.350.